The molecule has 0 aliphatic rings. The van der Waals surface area contributed by atoms with E-state index in [0.29, 0.717) is 22.6 Å². The molecule has 0 heterocycles. The van der Waals surface area contributed by atoms with Crippen LogP contribution in [0.1, 0.15) is 27.6 Å². The van der Waals surface area contributed by atoms with E-state index in [1.807, 2.05) is 0 Å². The van der Waals surface area contributed by atoms with E-state index in [-0.39, 0.29) is 41.4 Å². The smallest absolute Gasteiger partial charge is 0.212 e. The van der Waals surface area contributed by atoms with Gasteiger partial charge in [0.15, 0.2) is 11.5 Å². The van der Waals surface area contributed by atoms with E-state index in [1.165, 1.54) is 6.92 Å². The van der Waals surface area contributed by atoms with Crippen LogP contribution in [0, 0.1) is 0 Å². The molecule has 0 amide bonds. The minimum atomic E-state index is -0.337. The maximum absolute atomic E-state index is 12.2. The summed E-state index contributed by atoms with van der Waals surface area (Å²) in [6.45, 7) is 1.45. The third-order valence-corrected chi connectivity index (χ3v) is 4.89. The number of carbonyl (C=O) groups is 2. The van der Waals surface area contributed by atoms with Crippen molar-refractivity contribution in [2.75, 3.05) is 30.5 Å². The summed E-state index contributed by atoms with van der Waals surface area (Å²) in [6, 6.07) is 6.76. The van der Waals surface area contributed by atoms with E-state index in [0.717, 1.165) is 0 Å². The van der Waals surface area contributed by atoms with Crippen LogP contribution < -0.4 is 0 Å². The van der Waals surface area contributed by atoms with Crippen molar-refractivity contribution in [3.05, 3.63) is 35.4 Å². The van der Waals surface area contributed by atoms with Crippen LogP contribution in [0.25, 0.3) is 0 Å². The highest BCUT2D eigenvalue weighted by atomic mass is 32.2. The second kappa shape index (κ2) is 8.09. The first-order chi connectivity index (χ1) is 9.10. The van der Waals surface area contributed by atoms with Crippen molar-refractivity contribution in [1.82, 2.24) is 0 Å². The lowest BCUT2D eigenvalue weighted by atomic mass is 10.0. The van der Waals surface area contributed by atoms with Crippen LogP contribution in [0.3, 0.4) is 0 Å². The van der Waals surface area contributed by atoms with Gasteiger partial charge in [0.05, 0.1) is 13.2 Å². The van der Waals surface area contributed by atoms with Gasteiger partial charge in [-0.2, -0.15) is 0 Å². The Kier molecular flexibility index (Phi) is 6.77. The monoisotopic (exact) mass is 283 g/mol. The lowest BCUT2D eigenvalue weighted by Crippen LogP contribution is -2.26. The van der Waals surface area contributed by atoms with E-state index in [4.69, 9.17) is 10.2 Å². The maximum atomic E-state index is 12.2. The molecule has 0 aromatic heterocycles. The summed E-state index contributed by atoms with van der Waals surface area (Å²) >= 11 is 0. The average molecular weight is 283 g/mol. The summed E-state index contributed by atoms with van der Waals surface area (Å²) in [5.41, 5.74) is 0.868. The molecule has 1 rings (SSSR count). The molecular weight excluding hydrogens is 264 g/mol. The quantitative estimate of drug-likeness (QED) is 0.543. The molecule has 0 spiro atoms. The van der Waals surface area contributed by atoms with Crippen LogP contribution in [-0.4, -0.2) is 52.3 Å². The Labute approximate surface area is 115 Å². The number of hydrogen-bond acceptors (Lipinski definition) is 4. The van der Waals surface area contributed by atoms with Gasteiger partial charge in [-0.05, 0) is 6.92 Å². The standard InChI is InChI=1S/C14H19O4S/c1-11(17)12-4-2-3-5-13(12)14(18)10-19(8-6-15)9-7-16/h2-5,15-16H,6-10H2,1H3/q+1. The van der Waals surface area contributed by atoms with E-state index in [1.54, 1.807) is 24.3 Å². The van der Waals surface area contributed by atoms with Crippen LogP contribution in [-0.2, 0) is 10.9 Å². The molecule has 4 nitrogen and oxygen atoms in total. The minimum absolute atomic E-state index is 0.00471. The van der Waals surface area contributed by atoms with Crippen molar-refractivity contribution >= 4 is 22.5 Å². The molecule has 1 aromatic rings. The average Bonchev–Trinajstić information content (AvgIpc) is 2.39. The fourth-order valence-corrected chi connectivity index (χ4v) is 3.34. The van der Waals surface area contributed by atoms with Crippen molar-refractivity contribution in [1.29, 1.82) is 0 Å². The van der Waals surface area contributed by atoms with Gasteiger partial charge in [-0.25, -0.2) is 0 Å². The first kappa shape index (κ1) is 15.9. The molecule has 5 heteroatoms. The number of benzene rings is 1. The Hall–Kier alpha value is -1.17. The highest BCUT2D eigenvalue weighted by Crippen LogP contribution is 2.12. The van der Waals surface area contributed by atoms with Gasteiger partial charge in [0.1, 0.15) is 11.5 Å². The van der Waals surface area contributed by atoms with Gasteiger partial charge < -0.3 is 10.2 Å². The van der Waals surface area contributed by atoms with Gasteiger partial charge in [0, 0.05) is 22.0 Å². The van der Waals surface area contributed by atoms with Crippen molar-refractivity contribution in [2.24, 2.45) is 0 Å². The SMILES string of the molecule is CC(=O)c1ccccc1C(=O)C[S+](CCO)CCO. The molecule has 0 unspecified atom stereocenters. The number of ketones is 2. The molecule has 0 saturated heterocycles. The largest absolute Gasteiger partial charge is 0.391 e. The fourth-order valence-electron chi connectivity index (χ4n) is 1.80. The first-order valence-corrected chi connectivity index (χ1v) is 7.82. The second-order valence-corrected chi connectivity index (χ2v) is 6.47. The maximum Gasteiger partial charge on any atom is 0.212 e. The van der Waals surface area contributed by atoms with Gasteiger partial charge in [-0.15, -0.1) is 0 Å². The summed E-state index contributed by atoms with van der Waals surface area (Å²) in [7, 11) is -0.337. The predicted octanol–water partition coefficient (Wildman–Crippen LogP) is 0.675. The summed E-state index contributed by atoms with van der Waals surface area (Å²) in [4.78, 5) is 23.7. The molecule has 0 saturated carbocycles. The molecule has 0 radical (unpaired) electrons. The molecule has 0 atom stereocenters. The number of rotatable bonds is 8. The predicted molar refractivity (Wildman–Crippen MR) is 76.9 cm³/mol. The number of Topliss-reactive ketones (excluding diaryl/α,β-unsaturated/α-hetero) is 2. The zero-order chi connectivity index (χ0) is 14.3. The number of aliphatic hydroxyl groups excluding tert-OH is 2. The Bertz CT molecular complexity index is 439. The fraction of sp³-hybridized carbons (Fsp3) is 0.429. The highest BCUT2D eigenvalue weighted by molar-refractivity contribution is 7.97. The molecule has 1 aromatic carbocycles. The minimum Gasteiger partial charge on any atom is -0.391 e. The van der Waals surface area contributed by atoms with Crippen molar-refractivity contribution in [2.45, 2.75) is 6.92 Å². The number of hydrogen-bond donors (Lipinski definition) is 2. The number of carbonyl (C=O) groups excluding carboxylic acids is 2. The molecule has 0 fully saturated rings. The van der Waals surface area contributed by atoms with Crippen LogP contribution in [0.15, 0.2) is 24.3 Å². The van der Waals surface area contributed by atoms with E-state index in [9.17, 15) is 9.59 Å². The lowest BCUT2D eigenvalue weighted by Gasteiger charge is -2.08. The number of aliphatic hydroxyl groups is 2. The van der Waals surface area contributed by atoms with Crippen LogP contribution in [0.5, 0.6) is 0 Å². The third kappa shape index (κ3) is 4.78. The second-order valence-electron chi connectivity index (χ2n) is 4.14. The molecule has 0 aliphatic heterocycles. The molecule has 19 heavy (non-hydrogen) atoms. The van der Waals surface area contributed by atoms with Crippen LogP contribution in [0.2, 0.25) is 0 Å². The Morgan fingerprint density at radius 1 is 1.05 bits per heavy atom. The summed E-state index contributed by atoms with van der Waals surface area (Å²) in [5, 5.41) is 17.9. The summed E-state index contributed by atoms with van der Waals surface area (Å²) in [6.07, 6.45) is 0. The molecular formula is C14H19O4S+. The van der Waals surface area contributed by atoms with Gasteiger partial charge in [0.2, 0.25) is 5.78 Å². The summed E-state index contributed by atoms with van der Waals surface area (Å²) < 4.78 is 0. The molecule has 0 aliphatic carbocycles. The van der Waals surface area contributed by atoms with Crippen molar-refractivity contribution < 1.29 is 19.8 Å². The Morgan fingerprint density at radius 3 is 2.05 bits per heavy atom. The first-order valence-electron chi connectivity index (χ1n) is 6.09. The lowest BCUT2D eigenvalue weighted by molar-refractivity contribution is 0.0983. The van der Waals surface area contributed by atoms with E-state index in [2.05, 4.69) is 0 Å². The molecule has 104 valence electrons. The van der Waals surface area contributed by atoms with Gasteiger partial charge in [-0.3, -0.25) is 9.59 Å². The van der Waals surface area contributed by atoms with Gasteiger partial charge in [0.25, 0.3) is 0 Å². The molecule has 2 N–H and O–H groups in total. The zero-order valence-electron chi connectivity index (χ0n) is 11.0. The van der Waals surface area contributed by atoms with Gasteiger partial charge in [-0.1, -0.05) is 24.3 Å². The topological polar surface area (TPSA) is 74.6 Å². The van der Waals surface area contributed by atoms with Crippen molar-refractivity contribution in [3.63, 3.8) is 0 Å². The Balaban J connectivity index is 2.85. The van der Waals surface area contributed by atoms with Crippen molar-refractivity contribution in [3.8, 4) is 0 Å². The highest BCUT2D eigenvalue weighted by Gasteiger charge is 2.24. The summed E-state index contributed by atoms with van der Waals surface area (Å²) in [5.74, 6) is 1.05. The normalized spacial score (nSPS) is 10.7. The van der Waals surface area contributed by atoms with Gasteiger partial charge >= 0.3 is 0 Å². The zero-order valence-corrected chi connectivity index (χ0v) is 11.8. The molecule has 0 bridgehead atoms. The van der Waals surface area contributed by atoms with E-state index >= 15 is 0 Å². The third-order valence-electron chi connectivity index (χ3n) is 2.70. The Morgan fingerprint density at radius 2 is 1.58 bits per heavy atom. The van der Waals surface area contributed by atoms with Crippen LogP contribution in [0.4, 0.5) is 0 Å². The van der Waals surface area contributed by atoms with E-state index < -0.39 is 0 Å². The van der Waals surface area contributed by atoms with Crippen LogP contribution >= 0.6 is 0 Å².